The normalized spacial score (nSPS) is 18.9. The summed E-state index contributed by atoms with van der Waals surface area (Å²) < 4.78 is 1.26. The molecule has 1 unspecified atom stereocenters. The summed E-state index contributed by atoms with van der Waals surface area (Å²) in [6.45, 7) is 10.3. The van der Waals surface area contributed by atoms with E-state index in [-0.39, 0.29) is 0 Å². The van der Waals surface area contributed by atoms with Gasteiger partial charge in [-0.15, -0.1) is 0 Å². The maximum atomic E-state index is 4.68. The lowest BCUT2D eigenvalue weighted by molar-refractivity contribution is 0.0944. The Bertz CT molecular complexity index is 568. The van der Waals surface area contributed by atoms with Gasteiger partial charge in [0.1, 0.15) is 0 Å². The molecule has 0 aliphatic carbocycles. The molecule has 1 fully saturated rings. The second-order valence-corrected chi connectivity index (χ2v) is 7.55. The Kier molecular flexibility index (Phi) is 4.96. The minimum absolute atomic E-state index is 0.570. The summed E-state index contributed by atoms with van der Waals surface area (Å²) in [6.07, 6.45) is 0. The molecule has 0 saturated carbocycles. The van der Waals surface area contributed by atoms with E-state index in [1.165, 1.54) is 30.9 Å². The molecular weight excluding hydrogens is 292 g/mol. The molecule has 0 amide bonds. The Balaban J connectivity index is 1.63. The Morgan fingerprint density at radius 1 is 1.18 bits per heavy atom. The molecule has 0 radical (unpaired) electrons. The third kappa shape index (κ3) is 3.59. The van der Waals surface area contributed by atoms with Crippen molar-refractivity contribution in [2.45, 2.75) is 19.9 Å². The van der Waals surface area contributed by atoms with Gasteiger partial charge in [0.2, 0.25) is 0 Å². The number of anilines is 1. The van der Waals surface area contributed by atoms with E-state index in [0.717, 1.165) is 17.2 Å². The first-order chi connectivity index (χ1) is 10.6. The molecule has 1 aliphatic rings. The lowest BCUT2D eigenvalue weighted by atomic mass is 10.0. The van der Waals surface area contributed by atoms with Crippen molar-refractivity contribution < 1.29 is 0 Å². The van der Waals surface area contributed by atoms with Crippen LogP contribution in [0.25, 0.3) is 10.2 Å². The van der Waals surface area contributed by atoms with E-state index in [1.807, 2.05) is 6.07 Å². The molecule has 3 rings (SSSR count). The second kappa shape index (κ2) is 6.94. The average molecular weight is 318 g/mol. The summed E-state index contributed by atoms with van der Waals surface area (Å²) in [5, 5.41) is 4.62. The van der Waals surface area contributed by atoms with Gasteiger partial charge in [-0.2, -0.15) is 0 Å². The van der Waals surface area contributed by atoms with E-state index in [4.69, 9.17) is 0 Å². The number of hydrogen-bond acceptors (Lipinski definition) is 5. The molecular formula is C17H26N4S. The molecule has 1 aromatic carbocycles. The molecule has 0 spiro atoms. The second-order valence-electron chi connectivity index (χ2n) is 6.52. The van der Waals surface area contributed by atoms with Gasteiger partial charge in [-0.3, -0.25) is 4.90 Å². The maximum absolute atomic E-state index is 4.68. The van der Waals surface area contributed by atoms with Gasteiger partial charge in [-0.1, -0.05) is 37.3 Å². The molecule has 0 bridgehead atoms. The Morgan fingerprint density at radius 2 is 1.91 bits per heavy atom. The zero-order valence-electron chi connectivity index (χ0n) is 13.7. The van der Waals surface area contributed by atoms with Crippen LogP contribution in [-0.4, -0.2) is 60.6 Å². The summed E-state index contributed by atoms with van der Waals surface area (Å²) in [7, 11) is 2.21. The molecule has 2 heterocycles. The molecule has 1 N–H and O–H groups in total. The predicted molar refractivity (Wildman–Crippen MR) is 95.8 cm³/mol. The molecule has 1 aliphatic heterocycles. The smallest absolute Gasteiger partial charge is 0.183 e. The molecule has 1 aromatic heterocycles. The van der Waals surface area contributed by atoms with Gasteiger partial charge in [0, 0.05) is 38.8 Å². The number of fused-ring (bicyclic) bond motifs is 1. The van der Waals surface area contributed by atoms with E-state index >= 15 is 0 Å². The predicted octanol–water partition coefficient (Wildman–Crippen LogP) is 2.98. The highest BCUT2D eigenvalue weighted by molar-refractivity contribution is 7.22. The quantitative estimate of drug-likeness (QED) is 0.918. The molecule has 4 nitrogen and oxygen atoms in total. The fourth-order valence-electron chi connectivity index (χ4n) is 3.08. The molecule has 22 heavy (non-hydrogen) atoms. The van der Waals surface area contributed by atoms with Crippen molar-refractivity contribution in [3.63, 3.8) is 0 Å². The van der Waals surface area contributed by atoms with E-state index in [2.05, 4.69) is 59.2 Å². The van der Waals surface area contributed by atoms with E-state index in [9.17, 15) is 0 Å². The summed E-state index contributed by atoms with van der Waals surface area (Å²) in [5.74, 6) is 0.644. The SMILES string of the molecule is CC(C)C(CNc1nc2ccccc2s1)N1CCN(C)CC1. The van der Waals surface area contributed by atoms with Gasteiger partial charge in [0.05, 0.1) is 10.2 Å². The highest BCUT2D eigenvalue weighted by Crippen LogP contribution is 2.26. The van der Waals surface area contributed by atoms with Crippen LogP contribution >= 0.6 is 11.3 Å². The van der Waals surface area contributed by atoms with E-state index < -0.39 is 0 Å². The van der Waals surface area contributed by atoms with Gasteiger partial charge in [0.15, 0.2) is 5.13 Å². The average Bonchev–Trinajstić information content (AvgIpc) is 2.91. The van der Waals surface area contributed by atoms with Crippen LogP contribution in [0.1, 0.15) is 13.8 Å². The summed E-state index contributed by atoms with van der Waals surface area (Å²) in [4.78, 5) is 9.72. The van der Waals surface area contributed by atoms with Crippen LogP contribution in [0, 0.1) is 5.92 Å². The Labute approximate surface area is 137 Å². The highest BCUT2D eigenvalue weighted by Gasteiger charge is 2.24. The van der Waals surface area contributed by atoms with Gasteiger partial charge >= 0.3 is 0 Å². The number of benzene rings is 1. The third-order valence-corrected chi connectivity index (χ3v) is 5.53. The molecule has 2 aromatic rings. The lowest BCUT2D eigenvalue weighted by Gasteiger charge is -2.39. The molecule has 120 valence electrons. The van der Waals surface area contributed by atoms with Crippen molar-refractivity contribution in [1.29, 1.82) is 0 Å². The Morgan fingerprint density at radius 3 is 2.59 bits per heavy atom. The number of likely N-dealkylation sites (N-methyl/N-ethyl adjacent to an activating group) is 1. The van der Waals surface area contributed by atoms with Crippen molar-refractivity contribution >= 4 is 26.7 Å². The third-order valence-electron chi connectivity index (χ3n) is 4.53. The molecule has 1 atom stereocenters. The largest absolute Gasteiger partial charge is 0.360 e. The summed E-state index contributed by atoms with van der Waals surface area (Å²) >= 11 is 1.75. The number of para-hydroxylation sites is 1. The monoisotopic (exact) mass is 318 g/mol. The molecule has 1 saturated heterocycles. The van der Waals surface area contributed by atoms with Crippen LogP contribution in [0.5, 0.6) is 0 Å². The zero-order chi connectivity index (χ0) is 15.5. The van der Waals surface area contributed by atoms with Gasteiger partial charge in [-0.05, 0) is 25.1 Å². The number of nitrogens with one attached hydrogen (secondary N) is 1. The standard InChI is InChI=1S/C17H26N4S/c1-13(2)15(21-10-8-20(3)9-11-21)12-18-17-19-14-6-4-5-7-16(14)22-17/h4-7,13,15H,8-12H2,1-3H3,(H,18,19). The number of aromatic nitrogens is 1. The number of nitrogens with zero attached hydrogens (tertiary/aromatic N) is 3. The van der Waals surface area contributed by atoms with Crippen LogP contribution in [-0.2, 0) is 0 Å². The van der Waals surface area contributed by atoms with Crippen molar-refractivity contribution in [3.8, 4) is 0 Å². The van der Waals surface area contributed by atoms with Crippen molar-refractivity contribution in [1.82, 2.24) is 14.8 Å². The lowest BCUT2D eigenvalue weighted by Crippen LogP contribution is -2.52. The summed E-state index contributed by atoms with van der Waals surface area (Å²) in [6, 6.07) is 8.91. The molecule has 5 heteroatoms. The number of rotatable bonds is 5. The van der Waals surface area contributed by atoms with E-state index in [0.29, 0.717) is 12.0 Å². The first-order valence-corrected chi connectivity index (χ1v) is 8.97. The van der Waals surface area contributed by atoms with E-state index in [1.54, 1.807) is 11.3 Å². The fourth-order valence-corrected chi connectivity index (χ4v) is 3.95. The first-order valence-electron chi connectivity index (χ1n) is 8.15. The van der Waals surface area contributed by atoms with Crippen LogP contribution in [0.3, 0.4) is 0 Å². The van der Waals surface area contributed by atoms with Crippen LogP contribution in [0.4, 0.5) is 5.13 Å². The fraction of sp³-hybridized carbons (Fsp3) is 0.588. The van der Waals surface area contributed by atoms with Crippen LogP contribution in [0.15, 0.2) is 24.3 Å². The minimum Gasteiger partial charge on any atom is -0.360 e. The minimum atomic E-state index is 0.570. The first kappa shape index (κ1) is 15.7. The van der Waals surface area contributed by atoms with Crippen molar-refractivity contribution in [2.75, 3.05) is 45.1 Å². The van der Waals surface area contributed by atoms with Crippen molar-refractivity contribution in [3.05, 3.63) is 24.3 Å². The number of hydrogen-bond donors (Lipinski definition) is 1. The summed E-state index contributed by atoms with van der Waals surface area (Å²) in [5.41, 5.74) is 1.09. The highest BCUT2D eigenvalue weighted by atomic mass is 32.1. The van der Waals surface area contributed by atoms with Crippen LogP contribution in [0.2, 0.25) is 0 Å². The van der Waals surface area contributed by atoms with Gasteiger partial charge < -0.3 is 10.2 Å². The zero-order valence-corrected chi connectivity index (χ0v) is 14.6. The number of thiazole rings is 1. The maximum Gasteiger partial charge on any atom is 0.183 e. The van der Waals surface area contributed by atoms with Crippen molar-refractivity contribution in [2.24, 2.45) is 5.92 Å². The van der Waals surface area contributed by atoms with Gasteiger partial charge in [0.25, 0.3) is 0 Å². The van der Waals surface area contributed by atoms with Crippen LogP contribution < -0.4 is 5.32 Å². The topological polar surface area (TPSA) is 31.4 Å². The number of piperazine rings is 1. The van der Waals surface area contributed by atoms with Gasteiger partial charge in [-0.25, -0.2) is 4.98 Å². The Hall–Kier alpha value is -1.17.